The van der Waals surface area contributed by atoms with Gasteiger partial charge in [-0.15, -0.1) is 0 Å². The van der Waals surface area contributed by atoms with Gasteiger partial charge in [-0.1, -0.05) is 0 Å². The summed E-state index contributed by atoms with van der Waals surface area (Å²) >= 11 is 0. The molecule has 6 nitrogen and oxygen atoms in total. The third-order valence-electron chi connectivity index (χ3n) is 2.46. The maximum absolute atomic E-state index is 11.7. The molecule has 0 saturated heterocycles. The number of rotatable bonds is 6. The van der Waals surface area contributed by atoms with Crippen molar-refractivity contribution in [3.05, 3.63) is 23.9 Å². The summed E-state index contributed by atoms with van der Waals surface area (Å²) in [6.45, 7) is 7.62. The lowest BCUT2D eigenvalue weighted by atomic mass is 10.2. The fourth-order valence-electron chi connectivity index (χ4n) is 1.51. The average Bonchev–Trinajstić information content (AvgIpc) is 2.39. The first-order valence-corrected chi connectivity index (χ1v) is 6.64. The number of ether oxygens (including phenoxy) is 1. The highest BCUT2D eigenvalue weighted by atomic mass is 16.5. The first-order valence-electron chi connectivity index (χ1n) is 6.64. The van der Waals surface area contributed by atoms with Crippen LogP contribution in [0.4, 0.5) is 5.82 Å². The molecular weight excluding hydrogens is 258 g/mol. The number of amides is 1. The molecule has 1 atom stereocenters. The van der Waals surface area contributed by atoms with Crippen molar-refractivity contribution in [1.29, 1.82) is 0 Å². The van der Waals surface area contributed by atoms with Crippen molar-refractivity contribution < 1.29 is 14.3 Å². The maximum atomic E-state index is 11.7. The fraction of sp³-hybridized carbons (Fsp3) is 0.500. The Balaban J connectivity index is 2.61. The van der Waals surface area contributed by atoms with E-state index in [-0.39, 0.29) is 11.9 Å². The summed E-state index contributed by atoms with van der Waals surface area (Å²) in [6, 6.07) is 2.94. The molecule has 1 amide bonds. The van der Waals surface area contributed by atoms with Crippen LogP contribution in [0.2, 0.25) is 0 Å². The van der Waals surface area contributed by atoms with E-state index < -0.39 is 12.0 Å². The molecule has 0 aliphatic rings. The Kier molecular flexibility index (Phi) is 5.96. The highest BCUT2D eigenvalue weighted by Gasteiger charge is 2.14. The summed E-state index contributed by atoms with van der Waals surface area (Å²) in [6.07, 6.45) is 1.42. The van der Waals surface area contributed by atoms with Gasteiger partial charge in [0.25, 0.3) is 0 Å². The monoisotopic (exact) mass is 279 g/mol. The number of nitrogens with one attached hydrogen (secondary N) is 2. The minimum atomic E-state index is -0.405. The molecule has 1 rings (SSSR count). The first-order chi connectivity index (χ1) is 9.43. The topological polar surface area (TPSA) is 80.3 Å². The predicted molar refractivity (Wildman–Crippen MR) is 76.6 cm³/mol. The molecule has 0 bridgehead atoms. The summed E-state index contributed by atoms with van der Waals surface area (Å²) in [7, 11) is 0. The number of anilines is 1. The van der Waals surface area contributed by atoms with Gasteiger partial charge >= 0.3 is 5.97 Å². The second-order valence-electron chi connectivity index (χ2n) is 4.68. The van der Waals surface area contributed by atoms with Gasteiger partial charge in [0, 0.05) is 12.2 Å². The van der Waals surface area contributed by atoms with Gasteiger partial charge in [0.1, 0.15) is 11.9 Å². The Labute approximate surface area is 118 Å². The van der Waals surface area contributed by atoms with Crippen LogP contribution in [0.1, 0.15) is 38.1 Å². The van der Waals surface area contributed by atoms with Crippen LogP contribution in [0.25, 0.3) is 0 Å². The van der Waals surface area contributed by atoms with Crippen LogP contribution in [-0.4, -0.2) is 35.6 Å². The van der Waals surface area contributed by atoms with Gasteiger partial charge in [0.15, 0.2) is 0 Å². The molecule has 0 aromatic carbocycles. The van der Waals surface area contributed by atoms with E-state index in [4.69, 9.17) is 4.74 Å². The summed E-state index contributed by atoms with van der Waals surface area (Å²) in [4.78, 5) is 27.3. The highest BCUT2D eigenvalue weighted by molar-refractivity contribution is 5.89. The minimum Gasteiger partial charge on any atom is -0.462 e. The Morgan fingerprint density at radius 2 is 2.00 bits per heavy atom. The van der Waals surface area contributed by atoms with Crippen LogP contribution < -0.4 is 10.6 Å². The number of esters is 1. The van der Waals surface area contributed by atoms with Crippen molar-refractivity contribution in [3.8, 4) is 0 Å². The van der Waals surface area contributed by atoms with Crippen molar-refractivity contribution in [2.75, 3.05) is 11.9 Å². The standard InChI is InChI=1S/C14H21N3O3/c1-5-20-14(19)11-6-7-12(15-8-11)17-10(4)13(18)16-9(2)3/h6-10H,5H2,1-4H3,(H,15,17)(H,16,18). The van der Waals surface area contributed by atoms with Crippen molar-refractivity contribution in [2.24, 2.45) is 0 Å². The smallest absolute Gasteiger partial charge is 0.339 e. The first kappa shape index (κ1) is 15.9. The molecule has 110 valence electrons. The molecular formula is C14H21N3O3. The second-order valence-corrected chi connectivity index (χ2v) is 4.68. The molecule has 6 heteroatoms. The molecule has 1 aromatic heterocycles. The van der Waals surface area contributed by atoms with Crippen molar-refractivity contribution >= 4 is 17.7 Å². The molecule has 1 heterocycles. The highest BCUT2D eigenvalue weighted by Crippen LogP contribution is 2.08. The van der Waals surface area contributed by atoms with Crippen LogP contribution in [0, 0.1) is 0 Å². The van der Waals surface area contributed by atoms with Gasteiger partial charge in [-0.05, 0) is 39.8 Å². The van der Waals surface area contributed by atoms with Crippen LogP contribution in [0.3, 0.4) is 0 Å². The maximum Gasteiger partial charge on any atom is 0.339 e. The summed E-state index contributed by atoms with van der Waals surface area (Å²) < 4.78 is 4.87. The van der Waals surface area contributed by atoms with Crippen LogP contribution in [-0.2, 0) is 9.53 Å². The van der Waals surface area contributed by atoms with Gasteiger partial charge in [0.05, 0.1) is 12.2 Å². The Bertz CT molecular complexity index is 457. The lowest BCUT2D eigenvalue weighted by Gasteiger charge is -2.16. The van der Waals surface area contributed by atoms with Gasteiger partial charge < -0.3 is 15.4 Å². The molecule has 1 unspecified atom stereocenters. The van der Waals surface area contributed by atoms with E-state index in [0.29, 0.717) is 18.0 Å². The molecule has 0 spiro atoms. The van der Waals surface area contributed by atoms with E-state index in [2.05, 4.69) is 15.6 Å². The fourth-order valence-corrected chi connectivity index (χ4v) is 1.51. The van der Waals surface area contributed by atoms with E-state index in [1.807, 2.05) is 13.8 Å². The molecule has 1 aromatic rings. The molecule has 0 aliphatic heterocycles. The zero-order valence-corrected chi connectivity index (χ0v) is 12.3. The molecule has 0 radical (unpaired) electrons. The number of pyridine rings is 1. The van der Waals surface area contributed by atoms with E-state index in [1.165, 1.54) is 6.20 Å². The normalized spacial score (nSPS) is 11.8. The van der Waals surface area contributed by atoms with Crippen LogP contribution in [0.5, 0.6) is 0 Å². The Hall–Kier alpha value is -2.11. The molecule has 20 heavy (non-hydrogen) atoms. The number of carbonyl (C=O) groups excluding carboxylic acids is 2. The van der Waals surface area contributed by atoms with Crippen molar-refractivity contribution in [2.45, 2.75) is 39.8 Å². The number of carbonyl (C=O) groups is 2. The van der Waals surface area contributed by atoms with Gasteiger partial charge in [0.2, 0.25) is 5.91 Å². The molecule has 0 saturated carbocycles. The average molecular weight is 279 g/mol. The number of hydrogen-bond donors (Lipinski definition) is 2. The van der Waals surface area contributed by atoms with Gasteiger partial charge in [-0.3, -0.25) is 4.79 Å². The quantitative estimate of drug-likeness (QED) is 0.773. The van der Waals surface area contributed by atoms with Gasteiger partial charge in [-0.2, -0.15) is 0 Å². The van der Waals surface area contributed by atoms with E-state index in [0.717, 1.165) is 0 Å². The number of hydrogen-bond acceptors (Lipinski definition) is 5. The zero-order chi connectivity index (χ0) is 15.1. The third-order valence-corrected chi connectivity index (χ3v) is 2.46. The number of aromatic nitrogens is 1. The van der Waals surface area contributed by atoms with Crippen LogP contribution >= 0.6 is 0 Å². The Morgan fingerprint density at radius 3 is 2.50 bits per heavy atom. The summed E-state index contributed by atoms with van der Waals surface area (Å²) in [5.74, 6) is 0.0258. The molecule has 2 N–H and O–H groups in total. The lowest BCUT2D eigenvalue weighted by molar-refractivity contribution is -0.122. The molecule has 0 aliphatic carbocycles. The largest absolute Gasteiger partial charge is 0.462 e. The van der Waals surface area contributed by atoms with E-state index in [9.17, 15) is 9.59 Å². The lowest BCUT2D eigenvalue weighted by Crippen LogP contribution is -2.41. The third kappa shape index (κ3) is 4.87. The molecule has 0 fully saturated rings. The second kappa shape index (κ2) is 7.47. The number of nitrogens with zero attached hydrogens (tertiary/aromatic N) is 1. The predicted octanol–water partition coefficient (Wildman–Crippen LogP) is 1.58. The summed E-state index contributed by atoms with van der Waals surface area (Å²) in [5, 5.41) is 5.78. The zero-order valence-electron chi connectivity index (χ0n) is 12.3. The van der Waals surface area contributed by atoms with E-state index >= 15 is 0 Å². The Morgan fingerprint density at radius 1 is 1.30 bits per heavy atom. The van der Waals surface area contributed by atoms with Crippen molar-refractivity contribution in [3.63, 3.8) is 0 Å². The minimum absolute atomic E-state index is 0.0888. The van der Waals surface area contributed by atoms with Gasteiger partial charge in [-0.25, -0.2) is 9.78 Å². The SMILES string of the molecule is CCOC(=O)c1ccc(NC(C)C(=O)NC(C)C)nc1. The van der Waals surface area contributed by atoms with E-state index in [1.54, 1.807) is 26.0 Å². The summed E-state index contributed by atoms with van der Waals surface area (Å²) in [5.41, 5.74) is 0.386. The van der Waals surface area contributed by atoms with Crippen molar-refractivity contribution in [1.82, 2.24) is 10.3 Å². The van der Waals surface area contributed by atoms with Crippen LogP contribution in [0.15, 0.2) is 18.3 Å².